The number of methoxy groups -OCH3 is 1. The topological polar surface area (TPSA) is 334 Å². The van der Waals surface area contributed by atoms with Gasteiger partial charge in [0.2, 0.25) is 18.1 Å². The number of rotatable bonds is 24. The summed E-state index contributed by atoms with van der Waals surface area (Å²) in [5.41, 5.74) is 1.81. The molecule has 0 spiro atoms. The molecule has 80 heavy (non-hydrogen) atoms. The molecule has 2 saturated heterocycles. The summed E-state index contributed by atoms with van der Waals surface area (Å²) in [7, 11) is -2.36. The van der Waals surface area contributed by atoms with Crippen LogP contribution in [0.2, 0.25) is 0 Å². The van der Waals surface area contributed by atoms with Gasteiger partial charge in [0.1, 0.15) is 41.6 Å². The van der Waals surface area contributed by atoms with E-state index in [4.69, 9.17) is 48.4 Å². The maximum absolute atomic E-state index is 14.5. The highest BCUT2D eigenvalue weighted by atomic mass is 35.5. The van der Waals surface area contributed by atoms with Crippen LogP contribution in [0, 0.1) is 0 Å². The Labute approximate surface area is 462 Å². The van der Waals surface area contributed by atoms with E-state index in [-0.39, 0.29) is 123 Å². The number of likely N-dealkylation sites (N-methyl/N-ethyl adjacent to an activating group) is 1. The van der Waals surface area contributed by atoms with Crippen molar-refractivity contribution in [2.45, 2.75) is 69.5 Å². The number of nitrogens with one attached hydrogen (secondary N) is 1. The quantitative estimate of drug-likeness (QED) is 0.0288. The van der Waals surface area contributed by atoms with Gasteiger partial charge in [-0.3, -0.25) is 24.1 Å². The Balaban J connectivity index is 0.929. The summed E-state index contributed by atoms with van der Waals surface area (Å²) in [5, 5.41) is 61.6. The first kappa shape index (κ1) is 57.3. The number of ether oxygens (including phenoxy) is 6. The molecule has 0 saturated carbocycles. The maximum Gasteiger partial charge on any atom is 0.501 e. The first-order chi connectivity index (χ1) is 38.4. The number of phenolic OH excluding ortho intramolecular Hbond substituents is 1. The van der Waals surface area contributed by atoms with Crippen molar-refractivity contribution in [3.63, 3.8) is 0 Å². The SMILES string of the molecule is CCOc1cc2cc(C(=O)N3C[C@@H](CCl)c4c3cc(OS(=O)(=O)Oc3cc(C(=O)N(C)CCOCCn5cc(COCCN6C(=O)CCC6=O)nn5)ccc3O[C@@H]3O[C@H](CO)[C@H](O)[C@H](O)C3O)c3ccc(OC)cc43)[nH]c2cc1O. The van der Waals surface area contributed by atoms with Gasteiger partial charge in [0, 0.05) is 78.8 Å². The van der Waals surface area contributed by atoms with Crippen molar-refractivity contribution in [3.05, 3.63) is 89.4 Å². The van der Waals surface area contributed by atoms with Crippen LogP contribution in [0.1, 0.15) is 57.8 Å². The summed E-state index contributed by atoms with van der Waals surface area (Å²) in [4.78, 5) is 59.0. The van der Waals surface area contributed by atoms with Crippen LogP contribution >= 0.6 is 11.6 Å². The number of halogens is 1. The fourth-order valence-corrected chi connectivity index (χ4v) is 10.5. The highest BCUT2D eigenvalue weighted by Crippen LogP contribution is 2.48. The summed E-state index contributed by atoms with van der Waals surface area (Å²) in [6.07, 6.45) is -6.73. The van der Waals surface area contributed by atoms with Crippen molar-refractivity contribution in [3.8, 4) is 34.5 Å². The number of hydrogen-bond donors (Lipinski definition) is 6. The van der Waals surface area contributed by atoms with Crippen LogP contribution in [0.3, 0.4) is 0 Å². The summed E-state index contributed by atoms with van der Waals surface area (Å²) in [5.74, 6) is -2.95. The summed E-state index contributed by atoms with van der Waals surface area (Å²) in [6.45, 7) is 2.30. The van der Waals surface area contributed by atoms with Gasteiger partial charge in [0.25, 0.3) is 11.8 Å². The number of phenols is 1. The van der Waals surface area contributed by atoms with Crippen molar-refractivity contribution in [1.29, 1.82) is 0 Å². The van der Waals surface area contributed by atoms with Crippen molar-refractivity contribution >= 4 is 73.0 Å². The molecule has 2 aromatic heterocycles. The number of hydrogen-bond acceptors (Lipinski definition) is 21. The zero-order chi connectivity index (χ0) is 57.0. The van der Waals surface area contributed by atoms with Gasteiger partial charge >= 0.3 is 10.4 Å². The van der Waals surface area contributed by atoms with Gasteiger partial charge < -0.3 is 77.1 Å². The van der Waals surface area contributed by atoms with E-state index < -0.39 is 76.9 Å². The molecule has 4 aromatic carbocycles. The van der Waals surface area contributed by atoms with Crippen molar-refractivity contribution in [2.24, 2.45) is 0 Å². The lowest BCUT2D eigenvalue weighted by atomic mass is 9.95. The van der Waals surface area contributed by atoms with Crippen molar-refractivity contribution in [1.82, 2.24) is 29.8 Å². The van der Waals surface area contributed by atoms with Gasteiger partial charge in [0.05, 0.1) is 71.7 Å². The molecule has 0 bridgehead atoms. The number of carbonyl (C=O) groups is 4. The number of fused-ring (bicyclic) bond motifs is 4. The molecule has 428 valence electrons. The fraction of sp³-hybridized carbons (Fsp3) is 0.423. The van der Waals surface area contributed by atoms with Crippen LogP contribution in [0.5, 0.6) is 34.5 Å². The zero-order valence-electron chi connectivity index (χ0n) is 43.4. The third kappa shape index (κ3) is 12.3. The Morgan fingerprint density at radius 2 is 1.65 bits per heavy atom. The fourth-order valence-electron chi connectivity index (χ4n) is 9.47. The second-order valence-corrected chi connectivity index (χ2v) is 20.3. The number of aromatic amines is 1. The Bertz CT molecular complexity index is 3380. The van der Waals surface area contributed by atoms with E-state index in [2.05, 4.69) is 15.3 Å². The van der Waals surface area contributed by atoms with Gasteiger partial charge in [-0.25, -0.2) is 4.68 Å². The lowest BCUT2D eigenvalue weighted by molar-refractivity contribution is -0.277. The monoisotopic (exact) mass is 1150 g/mol. The molecule has 0 radical (unpaired) electrons. The average molecular weight is 1150 g/mol. The summed E-state index contributed by atoms with van der Waals surface area (Å²) in [6, 6.07) is 14.2. The Morgan fingerprint density at radius 3 is 2.39 bits per heavy atom. The summed E-state index contributed by atoms with van der Waals surface area (Å²) >= 11 is 6.57. The molecule has 6 atom stereocenters. The number of H-pyrrole nitrogens is 1. The molecule has 4 amide bonds. The van der Waals surface area contributed by atoms with Gasteiger partial charge in [-0.2, -0.15) is 0 Å². The average Bonchev–Trinajstić information content (AvgIpc) is 4.33. The molecule has 3 aliphatic heterocycles. The second kappa shape index (κ2) is 24.6. The number of alkyl halides is 1. The molecule has 1 unspecified atom stereocenters. The minimum absolute atomic E-state index is 0.0526. The number of amides is 4. The van der Waals surface area contributed by atoms with E-state index in [9.17, 15) is 53.1 Å². The highest BCUT2D eigenvalue weighted by molar-refractivity contribution is 7.82. The number of aliphatic hydroxyl groups excluding tert-OH is 4. The molecule has 2 fully saturated rings. The largest absolute Gasteiger partial charge is 0.504 e. The predicted molar refractivity (Wildman–Crippen MR) is 281 cm³/mol. The van der Waals surface area contributed by atoms with Crippen molar-refractivity contribution < 1.29 is 89.9 Å². The lowest BCUT2D eigenvalue weighted by Crippen LogP contribution is -2.60. The van der Waals surface area contributed by atoms with E-state index in [1.54, 1.807) is 43.5 Å². The number of benzene rings is 4. The molecule has 9 rings (SSSR count). The van der Waals surface area contributed by atoms with Crippen LogP contribution in [0.4, 0.5) is 5.69 Å². The highest BCUT2D eigenvalue weighted by Gasteiger charge is 2.45. The Morgan fingerprint density at radius 1 is 0.887 bits per heavy atom. The third-order valence-corrected chi connectivity index (χ3v) is 14.7. The second-order valence-electron chi connectivity index (χ2n) is 18.9. The molecule has 5 heterocycles. The van der Waals surface area contributed by atoms with Crippen molar-refractivity contribution in [2.75, 3.05) is 77.6 Å². The Kier molecular flexibility index (Phi) is 17.6. The molecule has 6 N–H and O–H groups in total. The van der Waals surface area contributed by atoms with Crippen LogP contribution in [-0.4, -0.2) is 191 Å². The van der Waals surface area contributed by atoms with Crippen LogP contribution in [0.25, 0.3) is 21.7 Å². The van der Waals surface area contributed by atoms with Gasteiger partial charge in [-0.05, 0) is 66.4 Å². The first-order valence-corrected chi connectivity index (χ1v) is 27.2. The first-order valence-electron chi connectivity index (χ1n) is 25.3. The smallest absolute Gasteiger partial charge is 0.501 e. The van der Waals surface area contributed by atoms with E-state index in [1.807, 2.05) is 0 Å². The van der Waals surface area contributed by atoms with Crippen LogP contribution in [-0.2, 0) is 47.4 Å². The standard InChI is InChI=1S/C52H58ClN7O19S/c1-4-75-41-19-29-17-36(54-35(29)21-38(41)62)51(69)60-24-30(23-53)46-34-20-32(72-3)6-7-33(34)40(22-37(46)60)78-80(70,71)79-42-18-28(5-8-39(42)76-52-49(67)48(66)47(65)43(26-61)77-52)50(68)57(2)11-14-73-15-12-58-25-31(55-56-58)27-74-16-13-59-44(63)9-10-45(59)64/h5-8,17-22,25,30,43,47-49,52,54,61-62,65-67H,4,9-16,23-24,26-27H2,1-3H3/t30-,43-,47+,48+,49?,52-/m1/s1. The van der Waals surface area contributed by atoms with E-state index in [1.165, 1.54) is 51.7 Å². The number of anilines is 1. The molecule has 3 aliphatic rings. The molecular formula is C52H58ClN7O19S. The molecule has 0 aliphatic carbocycles. The molecule has 26 nitrogen and oxygen atoms in total. The lowest BCUT2D eigenvalue weighted by Gasteiger charge is -2.39. The van der Waals surface area contributed by atoms with E-state index in [0.717, 1.165) is 12.1 Å². The van der Waals surface area contributed by atoms with Gasteiger partial charge in [-0.15, -0.1) is 25.1 Å². The predicted octanol–water partition coefficient (Wildman–Crippen LogP) is 2.34. The summed E-state index contributed by atoms with van der Waals surface area (Å²) < 4.78 is 75.3. The van der Waals surface area contributed by atoms with Gasteiger partial charge in [-0.1, -0.05) is 5.21 Å². The number of nitrogens with zero attached hydrogens (tertiary/aromatic N) is 6. The van der Waals surface area contributed by atoms with Gasteiger partial charge in [0.15, 0.2) is 28.7 Å². The molecule has 6 aromatic rings. The Hall–Kier alpha value is -7.34. The van der Waals surface area contributed by atoms with E-state index in [0.29, 0.717) is 39.8 Å². The molecular weight excluding hydrogens is 1090 g/mol. The maximum atomic E-state index is 14.5. The number of aliphatic hydroxyl groups is 4. The molecule has 28 heteroatoms. The number of imide groups is 1. The van der Waals surface area contributed by atoms with Crippen LogP contribution < -0.4 is 27.5 Å². The minimum Gasteiger partial charge on any atom is -0.504 e. The number of aromatic hydroxyl groups is 1. The number of likely N-dealkylation sites (tertiary alicyclic amines) is 1. The van der Waals surface area contributed by atoms with E-state index >= 15 is 0 Å². The minimum atomic E-state index is -5.28. The normalized spacial score (nSPS) is 20.1. The number of carbonyl (C=O) groups excluding carboxylic acids is 4. The third-order valence-electron chi connectivity index (χ3n) is 13.6. The van der Waals surface area contributed by atoms with Crippen LogP contribution in [0.15, 0.2) is 66.9 Å². The zero-order valence-corrected chi connectivity index (χ0v) is 45.0. The number of aromatic nitrogens is 4.